The van der Waals surface area contributed by atoms with Crippen molar-refractivity contribution in [2.24, 2.45) is 34.0 Å². The summed E-state index contributed by atoms with van der Waals surface area (Å²) >= 11 is 1.13. The third kappa shape index (κ3) is 4.29. The predicted molar refractivity (Wildman–Crippen MR) is 152 cm³/mol. The minimum Gasteiger partial charge on any atom is -0.461 e. The number of aliphatic hydroxyl groups is 1. The van der Waals surface area contributed by atoms with Crippen LogP contribution in [0.15, 0.2) is 40.8 Å². The number of fused-ring (bicyclic) bond motifs is 1. The predicted octanol–water partition coefficient (Wildman–Crippen LogP) is 5.23. The van der Waals surface area contributed by atoms with E-state index >= 15 is 0 Å². The summed E-state index contributed by atoms with van der Waals surface area (Å²) in [4.78, 5) is 46.9. The highest BCUT2D eigenvalue weighted by Crippen LogP contribution is 2.68. The van der Waals surface area contributed by atoms with Crippen molar-refractivity contribution < 1.29 is 19.4 Å². The van der Waals surface area contributed by atoms with E-state index in [1.807, 2.05) is 26.0 Å². The number of thioether (sulfide) groups is 1. The van der Waals surface area contributed by atoms with Crippen molar-refractivity contribution in [1.82, 2.24) is 9.97 Å². The minimum atomic E-state index is -0.702. The Hall–Kier alpha value is -2.45. The highest BCUT2D eigenvalue weighted by Gasteiger charge is 2.68. The second kappa shape index (κ2) is 9.88. The van der Waals surface area contributed by atoms with Gasteiger partial charge in [0, 0.05) is 23.2 Å². The maximum absolute atomic E-state index is 13.5. The van der Waals surface area contributed by atoms with Gasteiger partial charge in [-0.3, -0.25) is 14.4 Å². The lowest BCUT2D eigenvalue weighted by molar-refractivity contribution is -0.205. The van der Waals surface area contributed by atoms with Crippen LogP contribution in [0.1, 0.15) is 65.4 Å². The third-order valence-electron chi connectivity index (χ3n) is 10.8. The van der Waals surface area contributed by atoms with Gasteiger partial charge in [0.1, 0.15) is 11.9 Å². The molecule has 0 saturated heterocycles. The van der Waals surface area contributed by atoms with Gasteiger partial charge >= 0.3 is 5.97 Å². The number of benzene rings is 1. The number of aliphatic hydroxyl groups excluding tert-OH is 1. The Balaban J connectivity index is 1.46. The van der Waals surface area contributed by atoms with Crippen LogP contribution in [0.25, 0.3) is 10.9 Å². The number of carbonyl (C=O) groups is 2. The average Bonchev–Trinajstić information content (AvgIpc) is 3.26. The molecule has 1 heterocycles. The zero-order chi connectivity index (χ0) is 28.3. The van der Waals surface area contributed by atoms with Crippen molar-refractivity contribution in [3.8, 4) is 0 Å². The molecule has 3 saturated carbocycles. The molecule has 1 aromatic carbocycles. The summed E-state index contributed by atoms with van der Waals surface area (Å²) in [5, 5.41) is 12.5. The second-order valence-corrected chi connectivity index (χ2v) is 13.7. The Labute approximate surface area is 234 Å². The molecule has 1 aromatic heterocycles. The van der Waals surface area contributed by atoms with E-state index in [1.165, 1.54) is 0 Å². The Morgan fingerprint density at radius 1 is 1.28 bits per heavy atom. The molecule has 5 rings (SSSR count). The van der Waals surface area contributed by atoms with Crippen molar-refractivity contribution in [1.29, 1.82) is 0 Å². The summed E-state index contributed by atoms with van der Waals surface area (Å²) in [5.74, 6) is -0.401. The first-order valence-electron chi connectivity index (χ1n) is 14.0. The molecule has 3 fully saturated rings. The number of para-hydroxylation sites is 1. The maximum Gasteiger partial charge on any atom is 0.316 e. The van der Waals surface area contributed by atoms with E-state index in [9.17, 15) is 19.5 Å². The average molecular weight is 553 g/mol. The Morgan fingerprint density at radius 3 is 2.74 bits per heavy atom. The molecule has 7 nitrogen and oxygen atoms in total. The number of hydrogen-bond acceptors (Lipinski definition) is 7. The molecule has 8 atom stereocenters. The number of aromatic nitrogens is 2. The van der Waals surface area contributed by atoms with Crippen LogP contribution in [0, 0.1) is 40.9 Å². The van der Waals surface area contributed by atoms with Crippen LogP contribution in [-0.2, 0) is 14.3 Å². The molecule has 3 aliphatic rings. The number of rotatable bonds is 5. The molecule has 0 amide bonds. The van der Waals surface area contributed by atoms with Gasteiger partial charge in [0.15, 0.2) is 5.16 Å². The largest absolute Gasteiger partial charge is 0.461 e. The summed E-state index contributed by atoms with van der Waals surface area (Å²) in [5.41, 5.74) is -0.294. The van der Waals surface area contributed by atoms with Crippen molar-refractivity contribution in [3.05, 3.63) is 46.8 Å². The first-order chi connectivity index (χ1) is 18.4. The molecule has 2 aromatic rings. The van der Waals surface area contributed by atoms with E-state index < -0.39 is 29.0 Å². The van der Waals surface area contributed by atoms with Crippen LogP contribution in [0.3, 0.4) is 0 Å². The van der Waals surface area contributed by atoms with E-state index in [0.29, 0.717) is 28.9 Å². The van der Waals surface area contributed by atoms with Crippen molar-refractivity contribution in [2.75, 3.05) is 5.75 Å². The number of aryl methyl sites for hydroxylation is 1. The first-order valence-corrected chi connectivity index (χ1v) is 15.0. The van der Waals surface area contributed by atoms with Crippen LogP contribution < -0.4 is 5.56 Å². The highest BCUT2D eigenvalue weighted by molar-refractivity contribution is 7.99. The van der Waals surface area contributed by atoms with Crippen LogP contribution in [0.4, 0.5) is 0 Å². The number of esters is 1. The molecule has 39 heavy (non-hydrogen) atoms. The lowest BCUT2D eigenvalue weighted by Crippen LogP contribution is -2.63. The van der Waals surface area contributed by atoms with E-state index in [1.54, 1.807) is 12.1 Å². The Morgan fingerprint density at radius 2 is 2.03 bits per heavy atom. The lowest BCUT2D eigenvalue weighted by Gasteiger charge is -2.61. The number of aromatic amines is 1. The van der Waals surface area contributed by atoms with Gasteiger partial charge in [-0.25, -0.2) is 4.98 Å². The first kappa shape index (κ1) is 28.1. The van der Waals surface area contributed by atoms with Gasteiger partial charge in [0.25, 0.3) is 5.56 Å². The summed E-state index contributed by atoms with van der Waals surface area (Å²) < 4.78 is 6.29. The minimum absolute atomic E-state index is 0.0329. The zero-order valence-electron chi connectivity index (χ0n) is 23.6. The number of nitrogens with one attached hydrogen (secondary N) is 1. The Bertz CT molecular complexity index is 1390. The van der Waals surface area contributed by atoms with E-state index in [2.05, 4.69) is 37.3 Å². The van der Waals surface area contributed by atoms with Gasteiger partial charge in [-0.05, 0) is 61.5 Å². The van der Waals surface area contributed by atoms with Crippen LogP contribution in [0.5, 0.6) is 0 Å². The summed E-state index contributed by atoms with van der Waals surface area (Å²) in [7, 11) is 0. The number of H-pyrrole nitrogens is 1. The monoisotopic (exact) mass is 552 g/mol. The van der Waals surface area contributed by atoms with Crippen molar-refractivity contribution >= 4 is 34.4 Å². The molecule has 8 heteroatoms. The van der Waals surface area contributed by atoms with Gasteiger partial charge < -0.3 is 14.8 Å². The molecule has 210 valence electrons. The van der Waals surface area contributed by atoms with Gasteiger partial charge in [-0.15, -0.1) is 6.58 Å². The quantitative estimate of drug-likeness (QED) is 0.226. The normalized spacial score (nSPS) is 38.1. The number of carbonyl (C=O) groups excluding carboxylic acids is 2. The van der Waals surface area contributed by atoms with Crippen LogP contribution in [-0.4, -0.2) is 44.8 Å². The van der Waals surface area contributed by atoms with Crippen LogP contribution in [0.2, 0.25) is 0 Å². The smallest absolute Gasteiger partial charge is 0.316 e. The number of hydrogen-bond donors (Lipinski definition) is 2. The topological polar surface area (TPSA) is 109 Å². The molecule has 2 N–H and O–H groups in total. The van der Waals surface area contributed by atoms with Crippen molar-refractivity contribution in [3.63, 3.8) is 0 Å². The lowest BCUT2D eigenvalue weighted by atomic mass is 9.44. The molecule has 0 unspecified atom stereocenters. The second-order valence-electron chi connectivity index (χ2n) is 12.7. The molecule has 0 radical (unpaired) electrons. The molecule has 0 aliphatic heterocycles. The SMILES string of the molecule is C=C[C@]1(C)C[C@@H](OC(=O)CSc2nc3c(C)cccc3c(=O)[nH]2)[C@]2(C)[C@H](C)CC[C@]3(CCC(=O)[C@H]32)[C@@H](C)[C@@H]1O. The van der Waals surface area contributed by atoms with E-state index in [4.69, 9.17) is 4.74 Å². The molecule has 2 bridgehead atoms. The fourth-order valence-corrected chi connectivity index (χ4v) is 8.82. The standard InChI is InChI=1S/C31H40N2O5S/c1-7-29(5)15-22(30(6)18(3)11-13-31(19(4)26(29)36)14-12-21(34)25(30)31)38-23(35)16-39-28-32-24-17(2)9-8-10-20(24)27(37)33-28/h7-10,18-19,22,25-26,36H,1,11-16H2,2-6H3,(H,32,33,37)/t18-,19+,22-,25+,26+,29-,30+,31+/m1/s1. The van der Waals surface area contributed by atoms with Gasteiger partial charge in [0.05, 0.1) is 22.8 Å². The molecule has 3 aliphatic carbocycles. The number of ether oxygens (including phenoxy) is 1. The van der Waals surface area contributed by atoms with Gasteiger partial charge in [-0.2, -0.15) is 0 Å². The fourth-order valence-electron chi connectivity index (χ4n) is 8.17. The zero-order valence-corrected chi connectivity index (χ0v) is 24.4. The molecule has 0 spiro atoms. The maximum atomic E-state index is 13.5. The summed E-state index contributed by atoms with van der Waals surface area (Å²) in [6.45, 7) is 14.3. The Kier molecular flexibility index (Phi) is 7.11. The fraction of sp³-hybridized carbons (Fsp3) is 0.613. The number of nitrogens with zero attached hydrogens (tertiary/aromatic N) is 1. The molecular formula is C31H40N2O5S. The molecular weight excluding hydrogens is 512 g/mol. The van der Waals surface area contributed by atoms with E-state index in [0.717, 1.165) is 36.6 Å². The third-order valence-corrected chi connectivity index (χ3v) is 11.7. The van der Waals surface area contributed by atoms with Gasteiger partial charge in [0.2, 0.25) is 0 Å². The summed E-state index contributed by atoms with van der Waals surface area (Å²) in [6.07, 6.45) is 4.01. The number of Topliss-reactive ketones (excluding diaryl/α,β-unsaturated/α-hetero) is 1. The van der Waals surface area contributed by atoms with Crippen molar-refractivity contribution in [2.45, 2.75) is 84.1 Å². The van der Waals surface area contributed by atoms with E-state index in [-0.39, 0.29) is 40.3 Å². The van der Waals surface area contributed by atoms with Gasteiger partial charge in [-0.1, -0.05) is 57.7 Å². The van der Waals surface area contributed by atoms with Crippen LogP contribution >= 0.6 is 11.8 Å². The summed E-state index contributed by atoms with van der Waals surface area (Å²) in [6, 6.07) is 5.45. The highest BCUT2D eigenvalue weighted by atomic mass is 32.2. The number of ketones is 1.